The standard InChI is InChI=1S/C11H11ClO3/c12-9-5-8(13)2-1-7(9)6-11(3-4-11)10(14)15/h1-2,5,13H,3-4,6H2,(H,14,15). The van der Waals surface area contributed by atoms with E-state index in [0.29, 0.717) is 24.3 Å². The second kappa shape index (κ2) is 3.42. The van der Waals surface area contributed by atoms with Crippen LogP contribution >= 0.6 is 11.6 Å². The minimum atomic E-state index is -0.758. The van der Waals surface area contributed by atoms with Crippen LogP contribution < -0.4 is 0 Å². The summed E-state index contributed by atoms with van der Waals surface area (Å²) in [5.74, 6) is -0.657. The first-order valence-corrected chi connectivity index (χ1v) is 5.12. The Balaban J connectivity index is 2.21. The van der Waals surface area contributed by atoms with Gasteiger partial charge in [-0.2, -0.15) is 0 Å². The van der Waals surface area contributed by atoms with Gasteiger partial charge in [-0.3, -0.25) is 4.79 Å². The van der Waals surface area contributed by atoms with E-state index in [4.69, 9.17) is 21.8 Å². The molecule has 2 rings (SSSR count). The van der Waals surface area contributed by atoms with E-state index in [2.05, 4.69) is 0 Å². The molecular formula is C11H11ClO3. The topological polar surface area (TPSA) is 57.5 Å². The highest BCUT2D eigenvalue weighted by molar-refractivity contribution is 6.31. The second-order valence-electron chi connectivity index (χ2n) is 4.04. The minimum absolute atomic E-state index is 0.101. The lowest BCUT2D eigenvalue weighted by atomic mass is 9.96. The van der Waals surface area contributed by atoms with E-state index in [9.17, 15) is 4.79 Å². The number of carboxylic acids is 1. The van der Waals surface area contributed by atoms with Crippen LogP contribution in [-0.4, -0.2) is 16.2 Å². The van der Waals surface area contributed by atoms with Gasteiger partial charge in [0.1, 0.15) is 5.75 Å². The van der Waals surface area contributed by atoms with E-state index in [1.165, 1.54) is 12.1 Å². The lowest BCUT2D eigenvalue weighted by molar-refractivity contribution is -0.143. The van der Waals surface area contributed by atoms with Crippen molar-refractivity contribution in [3.05, 3.63) is 28.8 Å². The molecule has 3 nitrogen and oxygen atoms in total. The molecule has 1 aromatic carbocycles. The Kier molecular flexibility index (Phi) is 2.35. The van der Waals surface area contributed by atoms with E-state index in [1.54, 1.807) is 6.07 Å². The first-order valence-electron chi connectivity index (χ1n) is 4.74. The van der Waals surface area contributed by atoms with Gasteiger partial charge in [-0.1, -0.05) is 17.7 Å². The highest BCUT2D eigenvalue weighted by atomic mass is 35.5. The lowest BCUT2D eigenvalue weighted by Crippen LogP contribution is -2.17. The largest absolute Gasteiger partial charge is 0.508 e. The maximum Gasteiger partial charge on any atom is 0.309 e. The van der Waals surface area contributed by atoms with Gasteiger partial charge in [0, 0.05) is 5.02 Å². The number of aromatic hydroxyl groups is 1. The zero-order valence-corrected chi connectivity index (χ0v) is 8.79. The summed E-state index contributed by atoms with van der Waals surface area (Å²) in [6, 6.07) is 4.65. The van der Waals surface area contributed by atoms with Crippen LogP contribution in [-0.2, 0) is 11.2 Å². The van der Waals surface area contributed by atoms with Gasteiger partial charge in [0.15, 0.2) is 0 Å². The van der Waals surface area contributed by atoms with E-state index in [-0.39, 0.29) is 5.75 Å². The monoisotopic (exact) mass is 226 g/mol. The fraction of sp³-hybridized carbons (Fsp3) is 0.364. The maximum atomic E-state index is 11.0. The van der Waals surface area contributed by atoms with Crippen molar-refractivity contribution in [2.75, 3.05) is 0 Å². The summed E-state index contributed by atoms with van der Waals surface area (Å²) in [5.41, 5.74) is 0.176. The molecule has 1 fully saturated rings. The lowest BCUT2D eigenvalue weighted by Gasteiger charge is -2.10. The van der Waals surface area contributed by atoms with Crippen molar-refractivity contribution in [2.24, 2.45) is 5.41 Å². The summed E-state index contributed by atoms with van der Waals surface area (Å²) in [4.78, 5) is 11.0. The number of hydrogen-bond acceptors (Lipinski definition) is 2. The Bertz CT molecular complexity index is 410. The van der Waals surface area contributed by atoms with Crippen LogP contribution in [0.1, 0.15) is 18.4 Å². The molecule has 0 radical (unpaired) electrons. The van der Waals surface area contributed by atoms with Crippen molar-refractivity contribution in [3.8, 4) is 5.75 Å². The van der Waals surface area contributed by atoms with E-state index < -0.39 is 11.4 Å². The van der Waals surface area contributed by atoms with Crippen molar-refractivity contribution in [1.29, 1.82) is 0 Å². The van der Waals surface area contributed by atoms with Crippen LogP contribution in [0, 0.1) is 5.41 Å². The summed E-state index contributed by atoms with van der Waals surface area (Å²) in [5, 5.41) is 18.6. The molecule has 1 aromatic rings. The van der Waals surface area contributed by atoms with Crippen LogP contribution in [0.5, 0.6) is 5.75 Å². The Morgan fingerprint density at radius 3 is 2.60 bits per heavy atom. The highest BCUT2D eigenvalue weighted by Crippen LogP contribution is 2.49. The molecular weight excluding hydrogens is 216 g/mol. The molecule has 2 N–H and O–H groups in total. The van der Waals surface area contributed by atoms with Gasteiger partial charge in [0.25, 0.3) is 0 Å². The van der Waals surface area contributed by atoms with Gasteiger partial charge in [0.05, 0.1) is 5.41 Å². The third-order valence-corrected chi connectivity index (χ3v) is 3.22. The molecule has 1 aliphatic rings. The molecule has 0 unspecified atom stereocenters. The van der Waals surface area contributed by atoms with Gasteiger partial charge in [-0.15, -0.1) is 0 Å². The van der Waals surface area contributed by atoms with Gasteiger partial charge in [-0.05, 0) is 37.0 Å². The number of halogens is 1. The number of phenolic OH excluding ortho intramolecular Hbond substituents is 1. The molecule has 1 aliphatic carbocycles. The fourth-order valence-electron chi connectivity index (χ4n) is 1.66. The van der Waals surface area contributed by atoms with E-state index in [0.717, 1.165) is 5.56 Å². The average Bonchev–Trinajstić information content (AvgIpc) is 2.91. The molecule has 0 bridgehead atoms. The number of carboxylic acid groups (broad SMARTS) is 1. The minimum Gasteiger partial charge on any atom is -0.508 e. The van der Waals surface area contributed by atoms with E-state index in [1.807, 2.05) is 0 Å². The van der Waals surface area contributed by atoms with Gasteiger partial charge < -0.3 is 10.2 Å². The summed E-state index contributed by atoms with van der Waals surface area (Å²) >= 11 is 5.92. The predicted octanol–water partition coefficient (Wildman–Crippen LogP) is 2.45. The van der Waals surface area contributed by atoms with Crippen molar-refractivity contribution >= 4 is 17.6 Å². The third-order valence-electron chi connectivity index (χ3n) is 2.87. The van der Waals surface area contributed by atoms with Crippen LogP contribution in [0.15, 0.2) is 18.2 Å². The Morgan fingerprint density at radius 1 is 1.47 bits per heavy atom. The van der Waals surface area contributed by atoms with Crippen molar-refractivity contribution in [3.63, 3.8) is 0 Å². The molecule has 0 aromatic heterocycles. The molecule has 4 heteroatoms. The van der Waals surface area contributed by atoms with Crippen molar-refractivity contribution in [2.45, 2.75) is 19.3 Å². The molecule has 0 amide bonds. The van der Waals surface area contributed by atoms with E-state index >= 15 is 0 Å². The number of benzene rings is 1. The summed E-state index contributed by atoms with van der Waals surface area (Å²) < 4.78 is 0. The maximum absolute atomic E-state index is 11.0. The van der Waals surface area contributed by atoms with Crippen molar-refractivity contribution in [1.82, 2.24) is 0 Å². The van der Waals surface area contributed by atoms with Crippen LogP contribution in [0.3, 0.4) is 0 Å². The number of aliphatic carboxylic acids is 1. The van der Waals surface area contributed by atoms with Crippen LogP contribution in [0.4, 0.5) is 0 Å². The Labute approximate surface area is 92.3 Å². The van der Waals surface area contributed by atoms with Crippen molar-refractivity contribution < 1.29 is 15.0 Å². The number of phenols is 1. The third kappa shape index (κ3) is 1.92. The number of rotatable bonds is 3. The molecule has 1 saturated carbocycles. The van der Waals surface area contributed by atoms with Gasteiger partial charge in [0.2, 0.25) is 0 Å². The zero-order valence-electron chi connectivity index (χ0n) is 8.03. The van der Waals surface area contributed by atoms with Gasteiger partial charge >= 0.3 is 5.97 Å². The molecule has 0 atom stereocenters. The smallest absolute Gasteiger partial charge is 0.309 e. The fourth-order valence-corrected chi connectivity index (χ4v) is 1.90. The normalized spacial score (nSPS) is 17.4. The van der Waals surface area contributed by atoms with Gasteiger partial charge in [-0.25, -0.2) is 0 Å². The highest BCUT2D eigenvalue weighted by Gasteiger charge is 2.50. The first kappa shape index (κ1) is 10.3. The average molecular weight is 227 g/mol. The predicted molar refractivity (Wildman–Crippen MR) is 56.1 cm³/mol. The quantitative estimate of drug-likeness (QED) is 0.833. The molecule has 0 spiro atoms. The SMILES string of the molecule is O=C(O)C1(Cc2ccc(O)cc2Cl)CC1. The summed E-state index contributed by atoms with van der Waals surface area (Å²) in [6.45, 7) is 0. The molecule has 0 aliphatic heterocycles. The number of carbonyl (C=O) groups is 1. The molecule has 15 heavy (non-hydrogen) atoms. The van der Waals surface area contributed by atoms with Crippen LogP contribution in [0.2, 0.25) is 5.02 Å². The molecule has 80 valence electrons. The second-order valence-corrected chi connectivity index (χ2v) is 4.45. The first-order chi connectivity index (χ1) is 7.03. The molecule has 0 saturated heterocycles. The Hall–Kier alpha value is -1.22. The Morgan fingerprint density at radius 2 is 2.13 bits per heavy atom. The van der Waals surface area contributed by atoms with Crippen LogP contribution in [0.25, 0.3) is 0 Å². The zero-order chi connectivity index (χ0) is 11.1. The molecule has 0 heterocycles. The summed E-state index contributed by atoms with van der Waals surface area (Å²) in [6.07, 6.45) is 1.86. The number of hydrogen-bond donors (Lipinski definition) is 2. The summed E-state index contributed by atoms with van der Waals surface area (Å²) in [7, 11) is 0.